The van der Waals surface area contributed by atoms with Gasteiger partial charge < -0.3 is 14.6 Å². The van der Waals surface area contributed by atoms with Gasteiger partial charge in [-0.05, 0) is 24.3 Å². The summed E-state index contributed by atoms with van der Waals surface area (Å²) in [7, 11) is -2.23. The van der Waals surface area contributed by atoms with E-state index in [0.29, 0.717) is 17.9 Å². The summed E-state index contributed by atoms with van der Waals surface area (Å²) < 4.78 is 32.4. The lowest BCUT2D eigenvalue weighted by Gasteiger charge is -2.25. The van der Waals surface area contributed by atoms with Gasteiger partial charge in [-0.2, -0.15) is 0 Å². The summed E-state index contributed by atoms with van der Waals surface area (Å²) in [6.45, 7) is 0.341. The highest BCUT2D eigenvalue weighted by Gasteiger charge is 2.50. The second-order valence-electron chi connectivity index (χ2n) is 6.43. The predicted octanol–water partition coefficient (Wildman–Crippen LogP) is 1.02. The fraction of sp³-hybridized carbons (Fsp3) is 0.278. The first kappa shape index (κ1) is 17.8. The summed E-state index contributed by atoms with van der Waals surface area (Å²) in [5.41, 5.74) is -0.243. The molecular formula is C18H18N4O4S. The van der Waals surface area contributed by atoms with Gasteiger partial charge in [-0.15, -0.1) is 4.31 Å². The molecule has 0 bridgehead atoms. The van der Waals surface area contributed by atoms with Crippen LogP contribution in [0.1, 0.15) is 12.1 Å². The van der Waals surface area contributed by atoms with Gasteiger partial charge in [0.25, 0.3) is 5.91 Å². The van der Waals surface area contributed by atoms with Gasteiger partial charge in [-0.1, -0.05) is 16.3 Å². The second kappa shape index (κ2) is 6.52. The predicted molar refractivity (Wildman–Crippen MR) is 97.9 cm³/mol. The van der Waals surface area contributed by atoms with E-state index in [4.69, 9.17) is 4.74 Å². The van der Waals surface area contributed by atoms with Crippen molar-refractivity contribution in [2.45, 2.75) is 17.0 Å². The Hall–Kier alpha value is -2.62. The molecule has 140 valence electrons. The van der Waals surface area contributed by atoms with Crippen molar-refractivity contribution in [2.24, 2.45) is 4.99 Å². The molecule has 1 aromatic carbocycles. The van der Waals surface area contributed by atoms with Gasteiger partial charge in [-0.3, -0.25) is 9.78 Å². The Morgan fingerprint density at radius 1 is 1.30 bits per heavy atom. The SMILES string of the molecule is COc1cccc([S+](=O)([O-])N2CCC3(C2)N=C(c2ccccn2)C(=O)N3)c1. The minimum Gasteiger partial charge on any atom is -0.593 e. The van der Waals surface area contributed by atoms with E-state index >= 15 is 0 Å². The summed E-state index contributed by atoms with van der Waals surface area (Å²) in [6.07, 6.45) is 1.99. The zero-order valence-electron chi connectivity index (χ0n) is 14.6. The highest BCUT2D eigenvalue weighted by Crippen LogP contribution is 2.34. The highest BCUT2D eigenvalue weighted by atomic mass is 32.3. The Bertz CT molecular complexity index is 965. The minimum absolute atomic E-state index is 0.0780. The molecule has 9 heteroatoms. The van der Waals surface area contributed by atoms with Gasteiger partial charge >= 0.3 is 0 Å². The molecule has 0 radical (unpaired) electrons. The summed E-state index contributed by atoms with van der Waals surface area (Å²) >= 11 is 0. The number of benzene rings is 1. The van der Waals surface area contributed by atoms with E-state index in [0.717, 1.165) is 0 Å². The normalized spacial score (nSPS) is 24.5. The zero-order chi connectivity index (χ0) is 19.1. The molecule has 0 saturated carbocycles. The Morgan fingerprint density at radius 3 is 2.89 bits per heavy atom. The van der Waals surface area contributed by atoms with Gasteiger partial charge in [0.2, 0.25) is 0 Å². The number of aliphatic imine (C=N–C) groups is 1. The number of nitrogens with one attached hydrogen (secondary N) is 1. The maximum atomic E-state index is 13.0. The molecule has 1 aromatic heterocycles. The number of sulfonamides is 1. The van der Waals surface area contributed by atoms with E-state index < -0.39 is 16.1 Å². The van der Waals surface area contributed by atoms with Gasteiger partial charge in [0.15, 0.2) is 26.7 Å². The molecular weight excluding hydrogens is 368 g/mol. The monoisotopic (exact) mass is 386 g/mol. The number of amides is 1. The summed E-state index contributed by atoms with van der Waals surface area (Å²) in [5.74, 6) is 0.129. The molecule has 2 atom stereocenters. The van der Waals surface area contributed by atoms with Gasteiger partial charge in [0.05, 0.1) is 19.3 Å². The molecule has 1 saturated heterocycles. The molecule has 4 rings (SSSR count). The molecule has 8 nitrogen and oxygen atoms in total. The van der Waals surface area contributed by atoms with Crippen molar-refractivity contribution in [1.29, 1.82) is 0 Å². The lowest BCUT2D eigenvalue weighted by Crippen LogP contribution is -2.46. The van der Waals surface area contributed by atoms with Crippen molar-refractivity contribution in [2.75, 3.05) is 20.2 Å². The van der Waals surface area contributed by atoms with Crippen molar-refractivity contribution in [3.63, 3.8) is 0 Å². The molecule has 2 aliphatic heterocycles. The van der Waals surface area contributed by atoms with Crippen molar-refractivity contribution in [3.05, 3.63) is 54.4 Å². The van der Waals surface area contributed by atoms with Gasteiger partial charge in [0.1, 0.15) is 5.75 Å². The third-order valence-electron chi connectivity index (χ3n) is 4.69. The number of nitrogens with zero attached hydrogens (tertiary/aromatic N) is 3. The average Bonchev–Trinajstić information content (AvgIpc) is 3.26. The smallest absolute Gasteiger partial charge is 0.273 e. The topological polar surface area (TPSA) is 107 Å². The summed E-state index contributed by atoms with van der Waals surface area (Å²) in [5, 5.41) is 2.84. The number of ether oxygens (including phenoxy) is 1. The van der Waals surface area contributed by atoms with Crippen molar-refractivity contribution in [1.82, 2.24) is 14.6 Å². The third-order valence-corrected chi connectivity index (χ3v) is 6.53. The van der Waals surface area contributed by atoms with Crippen LogP contribution in [0.25, 0.3) is 0 Å². The zero-order valence-corrected chi connectivity index (χ0v) is 15.4. The van der Waals surface area contributed by atoms with E-state index in [1.807, 2.05) is 0 Å². The molecule has 1 spiro atoms. The average molecular weight is 386 g/mol. The number of aromatic nitrogens is 1. The fourth-order valence-electron chi connectivity index (χ4n) is 3.31. The van der Waals surface area contributed by atoms with E-state index in [1.165, 1.54) is 23.5 Å². The first-order chi connectivity index (χ1) is 12.9. The maximum absolute atomic E-state index is 13.0. The molecule has 1 amide bonds. The van der Waals surface area contributed by atoms with Crippen LogP contribution in [-0.4, -0.2) is 51.3 Å². The number of pyridine rings is 1. The molecule has 0 aliphatic carbocycles. The number of methoxy groups -OCH3 is 1. The molecule has 1 N–H and O–H groups in total. The van der Waals surface area contributed by atoms with Crippen LogP contribution < -0.4 is 10.1 Å². The van der Waals surface area contributed by atoms with Crippen LogP contribution in [-0.2, 0) is 19.4 Å². The fourth-order valence-corrected chi connectivity index (χ4v) is 4.84. The lowest BCUT2D eigenvalue weighted by atomic mass is 10.1. The Labute approximate surface area is 157 Å². The molecule has 1 fully saturated rings. The summed E-state index contributed by atoms with van der Waals surface area (Å²) in [4.78, 5) is 21.2. The first-order valence-corrected chi connectivity index (χ1v) is 9.86. The van der Waals surface area contributed by atoms with Gasteiger partial charge in [-0.25, -0.2) is 4.99 Å². The minimum atomic E-state index is -3.72. The van der Waals surface area contributed by atoms with Crippen LogP contribution in [0, 0.1) is 0 Å². The first-order valence-electron chi connectivity index (χ1n) is 8.42. The van der Waals surface area contributed by atoms with Crippen LogP contribution >= 0.6 is 0 Å². The third kappa shape index (κ3) is 3.14. The number of carbonyl (C=O) groups is 1. The molecule has 27 heavy (non-hydrogen) atoms. The number of hydrogen-bond donors (Lipinski definition) is 1. The molecule has 2 aromatic rings. The molecule has 2 aliphatic rings. The lowest BCUT2D eigenvalue weighted by molar-refractivity contribution is -0.115. The van der Waals surface area contributed by atoms with Crippen LogP contribution in [0.2, 0.25) is 0 Å². The van der Waals surface area contributed by atoms with Gasteiger partial charge in [0, 0.05) is 25.2 Å². The Kier molecular flexibility index (Phi) is 4.29. The van der Waals surface area contributed by atoms with E-state index in [9.17, 15) is 13.6 Å². The Morgan fingerprint density at radius 2 is 2.15 bits per heavy atom. The molecule has 3 heterocycles. The second-order valence-corrected chi connectivity index (χ2v) is 8.37. The largest absolute Gasteiger partial charge is 0.593 e. The van der Waals surface area contributed by atoms with Crippen LogP contribution in [0.3, 0.4) is 0 Å². The Balaban J connectivity index is 1.60. The number of carbonyl (C=O) groups excluding carboxylic acids is 1. The maximum Gasteiger partial charge on any atom is 0.273 e. The standard InChI is InChI=1S/C18H18N4O4S/c1-26-13-5-4-6-14(11-13)27(24,25)22-10-8-18(12-22)20-16(17(23)21-18)15-7-2-3-9-19-15/h2-7,9,11H,8,10,12H2,1H3,(H-,21,23,24,25). The number of hydrogen-bond acceptors (Lipinski definition) is 6. The quantitative estimate of drug-likeness (QED) is 0.790. The highest BCUT2D eigenvalue weighted by molar-refractivity contribution is 7.95. The summed E-state index contributed by atoms with van der Waals surface area (Å²) in [6, 6.07) is 11.6. The van der Waals surface area contributed by atoms with E-state index in [2.05, 4.69) is 15.3 Å². The van der Waals surface area contributed by atoms with E-state index in [-0.39, 0.29) is 29.6 Å². The van der Waals surface area contributed by atoms with Crippen LogP contribution in [0.5, 0.6) is 5.75 Å². The van der Waals surface area contributed by atoms with Crippen LogP contribution in [0.4, 0.5) is 0 Å². The van der Waals surface area contributed by atoms with Crippen molar-refractivity contribution >= 4 is 22.0 Å². The molecule has 2 unspecified atom stereocenters. The van der Waals surface area contributed by atoms with E-state index in [1.54, 1.807) is 36.5 Å². The van der Waals surface area contributed by atoms with Crippen LogP contribution in [0.15, 0.2) is 58.5 Å². The van der Waals surface area contributed by atoms with Crippen molar-refractivity contribution < 1.29 is 18.3 Å². The number of rotatable bonds is 4. The van der Waals surface area contributed by atoms with Crippen molar-refractivity contribution in [3.8, 4) is 5.75 Å².